The number of carboxylic acid groups (broad SMARTS) is 1. The number of aromatic hydroxyl groups is 1. The molecule has 0 spiro atoms. The topological polar surface area (TPSA) is 154 Å². The maximum Gasteiger partial charge on any atom is 0.319 e. The summed E-state index contributed by atoms with van der Waals surface area (Å²) in [6, 6.07) is 8.39. The molecule has 0 bridgehead atoms. The second kappa shape index (κ2) is 7.58. The number of nitrogens with two attached hydrogens (primary N) is 1. The molecule has 0 saturated heterocycles. The molecule has 0 unspecified atom stereocenters. The number of urea groups is 1. The second-order valence-corrected chi connectivity index (χ2v) is 7.62. The largest absolute Gasteiger partial charge is 0.508 e. The van der Waals surface area contributed by atoms with Crippen molar-refractivity contribution >= 4 is 29.3 Å². The third-order valence-corrected chi connectivity index (χ3v) is 5.42. The van der Waals surface area contributed by atoms with Gasteiger partial charge in [-0.1, -0.05) is 12.1 Å². The first-order chi connectivity index (χ1) is 14.3. The summed E-state index contributed by atoms with van der Waals surface area (Å²) in [5, 5.41) is 27.8. The molecule has 9 heteroatoms. The monoisotopic (exact) mass is 410 g/mol. The number of nitrogen functional groups attached to an aromatic ring is 1. The van der Waals surface area contributed by atoms with Crippen LogP contribution >= 0.6 is 0 Å². The highest BCUT2D eigenvalue weighted by Crippen LogP contribution is 2.40. The van der Waals surface area contributed by atoms with E-state index in [-0.39, 0.29) is 35.5 Å². The van der Waals surface area contributed by atoms with Gasteiger partial charge in [-0.25, -0.2) is 4.79 Å². The Bertz CT molecular complexity index is 1030. The molecule has 2 aromatic rings. The number of phenolic OH excluding ortho intramolecular Hbond substituents is 1. The Hall–Kier alpha value is -3.75. The zero-order valence-corrected chi connectivity index (χ0v) is 16.0. The van der Waals surface area contributed by atoms with Gasteiger partial charge in [0.2, 0.25) is 0 Å². The number of hydrogen-bond donors (Lipinski definition) is 6. The first-order valence-electron chi connectivity index (χ1n) is 9.65. The number of carbonyl (C=O) groups excluding carboxylic acids is 2. The van der Waals surface area contributed by atoms with Gasteiger partial charge >= 0.3 is 12.0 Å². The van der Waals surface area contributed by atoms with Crippen molar-refractivity contribution < 1.29 is 24.6 Å². The average Bonchev–Trinajstić information content (AvgIpc) is 3.41. The molecule has 1 fully saturated rings. The summed E-state index contributed by atoms with van der Waals surface area (Å²) < 4.78 is 0. The van der Waals surface area contributed by atoms with Crippen molar-refractivity contribution in [1.82, 2.24) is 10.6 Å². The van der Waals surface area contributed by atoms with Crippen LogP contribution in [0.4, 0.5) is 16.2 Å². The summed E-state index contributed by atoms with van der Waals surface area (Å²) in [7, 11) is 0. The van der Waals surface area contributed by atoms with Gasteiger partial charge in [-0.3, -0.25) is 9.59 Å². The lowest BCUT2D eigenvalue weighted by atomic mass is 10.00. The summed E-state index contributed by atoms with van der Waals surface area (Å²) in [4.78, 5) is 36.4. The van der Waals surface area contributed by atoms with E-state index in [0.29, 0.717) is 16.8 Å². The van der Waals surface area contributed by atoms with Crippen LogP contribution in [0.5, 0.6) is 5.75 Å². The van der Waals surface area contributed by atoms with E-state index in [2.05, 4.69) is 16.0 Å². The Labute approximate surface area is 172 Å². The quantitative estimate of drug-likeness (QED) is 0.414. The van der Waals surface area contributed by atoms with Gasteiger partial charge in [0.05, 0.1) is 17.5 Å². The molecule has 2 aliphatic rings. The Morgan fingerprint density at radius 3 is 2.50 bits per heavy atom. The molecule has 0 heterocycles. The maximum atomic E-state index is 12.8. The summed E-state index contributed by atoms with van der Waals surface area (Å²) in [6.45, 7) is 0. The molecule has 4 rings (SSSR count). The fourth-order valence-corrected chi connectivity index (χ4v) is 3.72. The zero-order valence-electron chi connectivity index (χ0n) is 16.0. The molecule has 30 heavy (non-hydrogen) atoms. The van der Waals surface area contributed by atoms with Gasteiger partial charge in [0.1, 0.15) is 5.75 Å². The zero-order chi connectivity index (χ0) is 21.4. The summed E-state index contributed by atoms with van der Waals surface area (Å²) in [5.41, 5.74) is 7.87. The van der Waals surface area contributed by atoms with Crippen LogP contribution in [0.25, 0.3) is 0 Å². The minimum absolute atomic E-state index is 0.00918. The number of carboxylic acids is 1. The van der Waals surface area contributed by atoms with Gasteiger partial charge < -0.3 is 31.9 Å². The third kappa shape index (κ3) is 3.86. The van der Waals surface area contributed by atoms with Gasteiger partial charge in [0, 0.05) is 23.0 Å². The minimum atomic E-state index is -1.06. The Kier molecular flexibility index (Phi) is 4.94. The lowest BCUT2D eigenvalue weighted by molar-refractivity contribution is -0.142. The van der Waals surface area contributed by atoms with Crippen LogP contribution in [0, 0.1) is 5.92 Å². The maximum absolute atomic E-state index is 12.8. The van der Waals surface area contributed by atoms with Gasteiger partial charge in [-0.15, -0.1) is 0 Å². The number of amides is 3. The molecular formula is C21H22N4O5. The predicted molar refractivity (Wildman–Crippen MR) is 109 cm³/mol. The Morgan fingerprint density at radius 2 is 1.83 bits per heavy atom. The lowest BCUT2D eigenvalue weighted by Crippen LogP contribution is -2.35. The van der Waals surface area contributed by atoms with E-state index in [1.807, 2.05) is 0 Å². The molecule has 0 radical (unpaired) electrons. The summed E-state index contributed by atoms with van der Waals surface area (Å²) in [5.74, 6) is -2.49. The molecule has 2 aliphatic carbocycles. The number of nitrogens with one attached hydrogen (secondary N) is 3. The van der Waals surface area contributed by atoms with Gasteiger partial charge in [0.25, 0.3) is 5.91 Å². The normalized spacial score (nSPS) is 19.6. The standard InChI is InChI=1S/C21H22N4O5/c22-16-8-11(24-21(30)23-10-4-5-10)6-7-13(16)19(27)25-18-12-2-1-3-17(26)14(12)9-15(18)20(28)29/h1-3,6-8,10,15,18,26H,4-5,9,22H2,(H,25,27)(H,28,29)(H2,23,24,30)/t15-,18+/m0/s1. The van der Waals surface area contributed by atoms with Crippen LogP contribution in [-0.4, -0.2) is 34.2 Å². The van der Waals surface area contributed by atoms with Crippen molar-refractivity contribution in [2.45, 2.75) is 31.3 Å². The Balaban J connectivity index is 1.51. The SMILES string of the molecule is Nc1cc(NC(=O)NC2CC2)ccc1C(=O)N[C@@H]1c2cccc(O)c2C[C@@H]1C(=O)O. The number of benzene rings is 2. The summed E-state index contributed by atoms with van der Waals surface area (Å²) >= 11 is 0. The lowest BCUT2D eigenvalue weighted by Gasteiger charge is -2.20. The Morgan fingerprint density at radius 1 is 1.07 bits per heavy atom. The van der Waals surface area contributed by atoms with E-state index in [0.717, 1.165) is 12.8 Å². The smallest absolute Gasteiger partial charge is 0.319 e. The number of aliphatic carboxylic acids is 1. The molecular weight excluding hydrogens is 388 g/mol. The van der Waals surface area contributed by atoms with Crippen molar-refractivity contribution in [2.24, 2.45) is 5.92 Å². The fourth-order valence-electron chi connectivity index (χ4n) is 3.72. The van der Waals surface area contributed by atoms with Crippen LogP contribution in [0.3, 0.4) is 0 Å². The molecule has 1 saturated carbocycles. The van der Waals surface area contributed by atoms with Crippen LogP contribution in [0.15, 0.2) is 36.4 Å². The average molecular weight is 410 g/mol. The third-order valence-electron chi connectivity index (χ3n) is 5.42. The van der Waals surface area contributed by atoms with E-state index in [9.17, 15) is 24.6 Å². The number of hydrogen-bond acceptors (Lipinski definition) is 5. The fraction of sp³-hybridized carbons (Fsp3) is 0.286. The van der Waals surface area contributed by atoms with Crippen LogP contribution in [0.2, 0.25) is 0 Å². The molecule has 0 aromatic heterocycles. The number of carbonyl (C=O) groups is 3. The molecule has 2 atom stereocenters. The minimum Gasteiger partial charge on any atom is -0.508 e. The second-order valence-electron chi connectivity index (χ2n) is 7.62. The molecule has 3 amide bonds. The molecule has 0 aliphatic heterocycles. The molecule has 7 N–H and O–H groups in total. The van der Waals surface area contributed by atoms with E-state index in [1.165, 1.54) is 18.2 Å². The van der Waals surface area contributed by atoms with E-state index < -0.39 is 23.8 Å². The van der Waals surface area contributed by atoms with Crippen LogP contribution in [-0.2, 0) is 11.2 Å². The van der Waals surface area contributed by atoms with Crippen molar-refractivity contribution in [2.75, 3.05) is 11.1 Å². The number of fused-ring (bicyclic) bond motifs is 1. The first-order valence-corrected chi connectivity index (χ1v) is 9.65. The number of phenols is 1. The van der Waals surface area contributed by atoms with Crippen molar-refractivity contribution in [3.05, 3.63) is 53.1 Å². The van der Waals surface area contributed by atoms with E-state index >= 15 is 0 Å². The molecule has 156 valence electrons. The van der Waals surface area contributed by atoms with E-state index in [1.54, 1.807) is 18.2 Å². The van der Waals surface area contributed by atoms with Crippen molar-refractivity contribution in [3.8, 4) is 5.75 Å². The van der Waals surface area contributed by atoms with Crippen LogP contribution in [0.1, 0.15) is 40.4 Å². The van der Waals surface area contributed by atoms with Crippen LogP contribution < -0.4 is 21.7 Å². The van der Waals surface area contributed by atoms with Gasteiger partial charge in [-0.05, 0) is 49.1 Å². The first kappa shape index (κ1) is 19.6. The predicted octanol–water partition coefficient (Wildman–Crippen LogP) is 1.99. The van der Waals surface area contributed by atoms with Gasteiger partial charge in [0.15, 0.2) is 0 Å². The highest BCUT2D eigenvalue weighted by molar-refractivity contribution is 6.01. The van der Waals surface area contributed by atoms with Crippen molar-refractivity contribution in [3.63, 3.8) is 0 Å². The van der Waals surface area contributed by atoms with E-state index in [4.69, 9.17) is 5.73 Å². The highest BCUT2D eigenvalue weighted by Gasteiger charge is 2.39. The molecule has 2 aromatic carbocycles. The molecule has 9 nitrogen and oxygen atoms in total. The van der Waals surface area contributed by atoms with Crippen molar-refractivity contribution in [1.29, 1.82) is 0 Å². The van der Waals surface area contributed by atoms with Gasteiger partial charge in [-0.2, -0.15) is 0 Å². The number of anilines is 2. The summed E-state index contributed by atoms with van der Waals surface area (Å²) in [6.07, 6.45) is 2.05. The number of rotatable bonds is 5. The highest BCUT2D eigenvalue weighted by atomic mass is 16.4.